The molecule has 6 rings (SSSR count). The average Bonchev–Trinajstić information content (AvgIpc) is 3.68. The van der Waals surface area contributed by atoms with E-state index in [0.717, 1.165) is 16.8 Å². The predicted octanol–water partition coefficient (Wildman–Crippen LogP) is 3.10. The Balaban J connectivity index is 1.49. The lowest BCUT2D eigenvalue weighted by Crippen LogP contribution is -2.48. The first-order chi connectivity index (χ1) is 18.0. The van der Waals surface area contributed by atoms with Gasteiger partial charge in [-0.3, -0.25) is 9.78 Å². The predicted molar refractivity (Wildman–Crippen MR) is 136 cm³/mol. The Labute approximate surface area is 211 Å². The molecule has 5 heterocycles. The third-order valence-electron chi connectivity index (χ3n) is 6.51. The number of aromatic nitrogens is 7. The molecule has 1 atom stereocenters. The zero-order valence-electron chi connectivity index (χ0n) is 20.2. The van der Waals surface area contributed by atoms with Crippen LogP contribution < -0.4 is 11.1 Å². The van der Waals surface area contributed by atoms with Crippen molar-refractivity contribution in [1.82, 2.24) is 39.7 Å². The quantitative estimate of drug-likeness (QED) is 0.360. The molecule has 3 N–H and O–H groups in total. The van der Waals surface area contributed by atoms with E-state index in [1.54, 1.807) is 42.4 Å². The molecule has 0 fully saturated rings. The number of fused-ring (bicyclic) bond motifs is 3. The lowest BCUT2D eigenvalue weighted by atomic mass is 9.91. The van der Waals surface area contributed by atoms with E-state index >= 15 is 0 Å². The number of hydrogen-bond acceptors (Lipinski definition) is 8. The Kier molecular flexibility index (Phi) is 5.18. The minimum atomic E-state index is -1.26. The number of nitrogens with zero attached hydrogens (tertiary/aromatic N) is 7. The summed E-state index contributed by atoms with van der Waals surface area (Å²) in [4.78, 5) is 27.5. The van der Waals surface area contributed by atoms with Crippen molar-refractivity contribution in [3.05, 3.63) is 90.1 Å². The molecule has 37 heavy (non-hydrogen) atoms. The Morgan fingerprint density at radius 2 is 1.92 bits per heavy atom. The molecule has 0 spiro atoms. The molecule has 0 aliphatic heterocycles. The average molecular weight is 494 g/mol. The number of amides is 1. The van der Waals surface area contributed by atoms with Crippen LogP contribution in [0.15, 0.2) is 77.7 Å². The monoisotopic (exact) mass is 493 g/mol. The highest BCUT2D eigenvalue weighted by molar-refractivity contribution is 5.94. The second-order valence-corrected chi connectivity index (χ2v) is 8.80. The largest absolute Gasteiger partial charge is 0.461 e. The minimum absolute atomic E-state index is 0.106. The van der Waals surface area contributed by atoms with Gasteiger partial charge in [-0.25, -0.2) is 9.67 Å². The number of furan rings is 1. The van der Waals surface area contributed by atoms with Crippen molar-refractivity contribution in [2.45, 2.75) is 25.9 Å². The van der Waals surface area contributed by atoms with Gasteiger partial charge in [-0.05, 0) is 43.2 Å². The Bertz CT molecular complexity index is 1740. The van der Waals surface area contributed by atoms with Gasteiger partial charge in [-0.1, -0.05) is 36.4 Å². The zero-order chi connectivity index (χ0) is 25.6. The molecule has 0 bridgehead atoms. The third kappa shape index (κ3) is 3.59. The van der Waals surface area contributed by atoms with Gasteiger partial charge >= 0.3 is 0 Å². The van der Waals surface area contributed by atoms with Gasteiger partial charge in [0.2, 0.25) is 11.8 Å². The Morgan fingerprint density at radius 1 is 1.08 bits per heavy atom. The van der Waals surface area contributed by atoms with Gasteiger partial charge in [0.15, 0.2) is 22.6 Å². The first kappa shape index (κ1) is 22.4. The highest BCUT2D eigenvalue weighted by Crippen LogP contribution is 2.31. The van der Waals surface area contributed by atoms with E-state index in [1.165, 1.54) is 4.52 Å². The van der Waals surface area contributed by atoms with E-state index in [9.17, 15) is 4.79 Å². The van der Waals surface area contributed by atoms with Gasteiger partial charge in [0, 0.05) is 6.20 Å². The fraction of sp³-hybridized carbons (Fsp3) is 0.154. The number of nitrogens with two attached hydrogens (primary N) is 1. The zero-order valence-corrected chi connectivity index (χ0v) is 20.2. The SMILES string of the molecule is Cc1cccnc1CNC(=O)[C@@](C)(c1ccccc1)n1ncc2c1nc(N)n1nc(-c3ccco3)nc21. The van der Waals surface area contributed by atoms with E-state index < -0.39 is 5.54 Å². The minimum Gasteiger partial charge on any atom is -0.461 e. The van der Waals surface area contributed by atoms with Crippen LogP contribution in [0.3, 0.4) is 0 Å². The van der Waals surface area contributed by atoms with Gasteiger partial charge in [-0.2, -0.15) is 14.6 Å². The maximum Gasteiger partial charge on any atom is 0.252 e. The number of anilines is 1. The van der Waals surface area contributed by atoms with Gasteiger partial charge in [0.05, 0.1) is 30.1 Å². The fourth-order valence-electron chi connectivity index (χ4n) is 4.40. The van der Waals surface area contributed by atoms with E-state index in [4.69, 9.17) is 10.2 Å². The van der Waals surface area contributed by atoms with Gasteiger partial charge < -0.3 is 15.5 Å². The number of aryl methyl sites for hydroxylation is 1. The molecule has 184 valence electrons. The maximum absolute atomic E-state index is 13.9. The van der Waals surface area contributed by atoms with Crippen molar-refractivity contribution >= 4 is 28.5 Å². The summed E-state index contributed by atoms with van der Waals surface area (Å²) in [6, 6.07) is 16.8. The number of benzene rings is 1. The molecule has 0 saturated carbocycles. The van der Waals surface area contributed by atoms with Crippen LogP contribution in [0.25, 0.3) is 28.3 Å². The molecule has 1 aromatic carbocycles. The van der Waals surface area contributed by atoms with Crippen molar-refractivity contribution in [2.75, 3.05) is 5.73 Å². The van der Waals surface area contributed by atoms with Crippen molar-refractivity contribution in [3.8, 4) is 11.6 Å². The topological polar surface area (TPSA) is 142 Å². The molecule has 6 aromatic rings. The van der Waals surface area contributed by atoms with Crippen LogP contribution >= 0.6 is 0 Å². The first-order valence-corrected chi connectivity index (χ1v) is 11.7. The highest BCUT2D eigenvalue weighted by Gasteiger charge is 2.40. The normalized spacial score (nSPS) is 13.1. The number of nitrogen functional groups attached to an aromatic ring is 1. The Morgan fingerprint density at radius 3 is 2.68 bits per heavy atom. The number of carbonyl (C=O) groups excluding carboxylic acids is 1. The molecule has 0 saturated heterocycles. The second-order valence-electron chi connectivity index (χ2n) is 8.80. The molecule has 0 unspecified atom stereocenters. The summed E-state index contributed by atoms with van der Waals surface area (Å²) in [7, 11) is 0. The molecule has 0 radical (unpaired) electrons. The molecule has 11 heteroatoms. The first-order valence-electron chi connectivity index (χ1n) is 11.7. The van der Waals surface area contributed by atoms with Gasteiger partial charge in [0.25, 0.3) is 5.91 Å². The van der Waals surface area contributed by atoms with Crippen molar-refractivity contribution in [1.29, 1.82) is 0 Å². The summed E-state index contributed by atoms with van der Waals surface area (Å²) in [6.45, 7) is 4.03. The molecular weight excluding hydrogens is 470 g/mol. The molecule has 0 aliphatic rings. The lowest BCUT2D eigenvalue weighted by molar-refractivity contribution is -0.127. The number of hydrogen-bond donors (Lipinski definition) is 2. The standard InChI is InChI=1S/C26H23N9O2/c1-16-8-6-12-28-19(16)15-29-24(36)26(2,17-9-4-3-5-10-17)35-23-18(14-30-35)22-31-21(20-11-7-13-37-20)33-34(22)25(27)32-23/h3-14H,15H2,1-2H3,(H2,27,32)(H,29,36)/t26-/m1/s1. The van der Waals surface area contributed by atoms with Crippen molar-refractivity contribution in [3.63, 3.8) is 0 Å². The molecular formula is C26H23N9O2. The Hall–Kier alpha value is -5.06. The summed E-state index contributed by atoms with van der Waals surface area (Å²) >= 11 is 0. The summed E-state index contributed by atoms with van der Waals surface area (Å²) in [6.07, 6.45) is 4.88. The van der Waals surface area contributed by atoms with E-state index in [0.29, 0.717) is 28.3 Å². The smallest absolute Gasteiger partial charge is 0.252 e. The van der Waals surface area contributed by atoms with Crippen LogP contribution in [0.1, 0.15) is 23.7 Å². The van der Waals surface area contributed by atoms with Crippen molar-refractivity contribution in [2.24, 2.45) is 0 Å². The maximum atomic E-state index is 13.9. The summed E-state index contributed by atoms with van der Waals surface area (Å²) in [5.41, 5.74) is 8.41. The van der Waals surface area contributed by atoms with Crippen LogP contribution in [0.5, 0.6) is 0 Å². The van der Waals surface area contributed by atoms with E-state index in [1.807, 2.05) is 49.4 Å². The van der Waals surface area contributed by atoms with Crippen LogP contribution in [-0.2, 0) is 16.9 Å². The molecule has 1 amide bonds. The number of carbonyl (C=O) groups is 1. The van der Waals surface area contributed by atoms with Crippen LogP contribution in [0, 0.1) is 6.92 Å². The lowest BCUT2D eigenvalue weighted by Gasteiger charge is -2.30. The van der Waals surface area contributed by atoms with Gasteiger partial charge in [0.1, 0.15) is 0 Å². The van der Waals surface area contributed by atoms with Crippen molar-refractivity contribution < 1.29 is 9.21 Å². The molecule has 5 aromatic heterocycles. The highest BCUT2D eigenvalue weighted by atomic mass is 16.3. The van der Waals surface area contributed by atoms with Crippen LogP contribution in [0.4, 0.5) is 5.95 Å². The summed E-state index contributed by atoms with van der Waals surface area (Å²) in [5, 5.41) is 12.7. The summed E-state index contributed by atoms with van der Waals surface area (Å²) in [5.74, 6) is 0.705. The number of rotatable bonds is 6. The van der Waals surface area contributed by atoms with Crippen LogP contribution in [-0.4, -0.2) is 40.3 Å². The third-order valence-corrected chi connectivity index (χ3v) is 6.51. The van der Waals surface area contributed by atoms with E-state index in [2.05, 4.69) is 30.5 Å². The number of nitrogens with one attached hydrogen (secondary N) is 1. The van der Waals surface area contributed by atoms with Gasteiger partial charge in [-0.15, -0.1) is 5.10 Å². The van der Waals surface area contributed by atoms with Crippen LogP contribution in [0.2, 0.25) is 0 Å². The summed E-state index contributed by atoms with van der Waals surface area (Å²) < 4.78 is 8.46. The number of pyridine rings is 1. The molecule has 0 aliphatic carbocycles. The van der Waals surface area contributed by atoms with E-state index in [-0.39, 0.29) is 18.4 Å². The second kappa shape index (κ2) is 8.55. The fourth-order valence-corrected chi connectivity index (χ4v) is 4.40. The molecule has 11 nitrogen and oxygen atoms in total.